The summed E-state index contributed by atoms with van der Waals surface area (Å²) >= 11 is 1.33. The van der Waals surface area contributed by atoms with Crippen LogP contribution >= 0.6 is 11.8 Å². The number of rotatable bonds is 8. The average Bonchev–Trinajstić information content (AvgIpc) is 3.20. The number of benzene rings is 2. The highest BCUT2D eigenvalue weighted by Gasteiger charge is 2.10. The smallest absolute Gasteiger partial charge is 0.234 e. The van der Waals surface area contributed by atoms with E-state index in [2.05, 4.69) is 10.3 Å². The number of anilines is 1. The number of carbonyl (C=O) groups is 1. The van der Waals surface area contributed by atoms with Crippen molar-refractivity contribution in [1.82, 2.24) is 9.38 Å². The molecule has 0 radical (unpaired) electrons. The molecule has 2 heterocycles. The number of methoxy groups -OCH3 is 1. The third-order valence-electron chi connectivity index (χ3n) is 4.42. The number of nitrogens with zero attached hydrogens (tertiary/aromatic N) is 2. The third kappa shape index (κ3) is 5.35. The standard InChI is InChI=1S/C23H20FN3O3S/c1-29-20-10-7-17(26-23(28)15-31-19-8-5-16(24)6-9-19)12-21(20)30-14-18-13-27-11-3-2-4-22(27)25-18/h2-13H,14-15H2,1H3,(H,26,28). The van der Waals surface area contributed by atoms with Crippen LogP contribution in [0, 0.1) is 5.82 Å². The Hall–Kier alpha value is -3.52. The van der Waals surface area contributed by atoms with E-state index in [0.29, 0.717) is 17.2 Å². The van der Waals surface area contributed by atoms with Crippen LogP contribution in [0.4, 0.5) is 10.1 Å². The first-order chi connectivity index (χ1) is 15.1. The molecular formula is C23H20FN3O3S. The van der Waals surface area contributed by atoms with Crippen LogP contribution in [0.3, 0.4) is 0 Å². The largest absolute Gasteiger partial charge is 0.493 e. The zero-order chi connectivity index (χ0) is 21.6. The summed E-state index contributed by atoms with van der Waals surface area (Å²) in [6.45, 7) is 0.260. The summed E-state index contributed by atoms with van der Waals surface area (Å²) in [7, 11) is 1.56. The molecule has 0 fully saturated rings. The highest BCUT2D eigenvalue weighted by Crippen LogP contribution is 2.31. The van der Waals surface area contributed by atoms with Gasteiger partial charge >= 0.3 is 0 Å². The molecule has 0 unspecified atom stereocenters. The van der Waals surface area contributed by atoms with Crippen molar-refractivity contribution < 1.29 is 18.7 Å². The Morgan fingerprint density at radius 2 is 1.97 bits per heavy atom. The first-order valence-electron chi connectivity index (χ1n) is 9.52. The molecule has 0 saturated carbocycles. The molecule has 0 aliphatic rings. The molecule has 0 spiro atoms. The van der Waals surface area contributed by atoms with Gasteiger partial charge in [-0.2, -0.15) is 0 Å². The van der Waals surface area contributed by atoms with Crippen molar-refractivity contribution in [3.8, 4) is 11.5 Å². The fourth-order valence-electron chi connectivity index (χ4n) is 2.95. The molecule has 0 aliphatic carbocycles. The van der Waals surface area contributed by atoms with Gasteiger partial charge in [-0.15, -0.1) is 11.8 Å². The van der Waals surface area contributed by atoms with Gasteiger partial charge in [0.05, 0.1) is 18.6 Å². The molecule has 0 aliphatic heterocycles. The molecule has 0 atom stereocenters. The summed E-state index contributed by atoms with van der Waals surface area (Å²) in [6.07, 6.45) is 3.83. The second-order valence-corrected chi connectivity index (χ2v) is 7.69. The molecule has 8 heteroatoms. The van der Waals surface area contributed by atoms with Crippen LogP contribution in [0.1, 0.15) is 5.69 Å². The van der Waals surface area contributed by atoms with Crippen LogP contribution in [0.25, 0.3) is 5.65 Å². The van der Waals surface area contributed by atoms with Crippen molar-refractivity contribution in [2.24, 2.45) is 0 Å². The van der Waals surface area contributed by atoms with Crippen LogP contribution in [0.15, 0.2) is 78.0 Å². The average molecular weight is 437 g/mol. The third-order valence-corrected chi connectivity index (χ3v) is 5.43. The van der Waals surface area contributed by atoms with Crippen molar-refractivity contribution in [2.45, 2.75) is 11.5 Å². The number of fused-ring (bicyclic) bond motifs is 1. The molecule has 31 heavy (non-hydrogen) atoms. The van der Waals surface area contributed by atoms with E-state index < -0.39 is 0 Å². The van der Waals surface area contributed by atoms with Gasteiger partial charge in [-0.25, -0.2) is 9.37 Å². The van der Waals surface area contributed by atoms with Gasteiger partial charge in [0.25, 0.3) is 0 Å². The first kappa shape index (κ1) is 20.7. The van der Waals surface area contributed by atoms with Crippen LogP contribution in [-0.4, -0.2) is 28.2 Å². The number of thioether (sulfide) groups is 1. The SMILES string of the molecule is COc1ccc(NC(=O)CSc2ccc(F)cc2)cc1OCc1cn2ccccc2n1. The maximum atomic E-state index is 13.0. The van der Waals surface area contributed by atoms with E-state index in [4.69, 9.17) is 9.47 Å². The fourth-order valence-corrected chi connectivity index (χ4v) is 3.65. The lowest BCUT2D eigenvalue weighted by molar-refractivity contribution is -0.113. The minimum absolute atomic E-state index is 0.175. The molecule has 1 N–H and O–H groups in total. The number of hydrogen-bond acceptors (Lipinski definition) is 5. The first-order valence-corrected chi connectivity index (χ1v) is 10.5. The van der Waals surface area contributed by atoms with E-state index in [-0.39, 0.29) is 24.1 Å². The second kappa shape index (κ2) is 9.53. The lowest BCUT2D eigenvalue weighted by atomic mass is 10.2. The van der Waals surface area contributed by atoms with Gasteiger partial charge < -0.3 is 19.2 Å². The molecule has 6 nitrogen and oxygen atoms in total. The molecular weight excluding hydrogens is 417 g/mol. The number of hydrogen-bond donors (Lipinski definition) is 1. The van der Waals surface area contributed by atoms with Gasteiger partial charge in [-0.05, 0) is 48.5 Å². The van der Waals surface area contributed by atoms with E-state index in [9.17, 15) is 9.18 Å². The van der Waals surface area contributed by atoms with Gasteiger partial charge in [0.1, 0.15) is 18.1 Å². The maximum absolute atomic E-state index is 13.0. The second-order valence-electron chi connectivity index (χ2n) is 6.64. The summed E-state index contributed by atoms with van der Waals surface area (Å²) < 4.78 is 26.2. The number of carbonyl (C=O) groups excluding carboxylic acids is 1. The van der Waals surface area contributed by atoms with E-state index in [1.54, 1.807) is 37.4 Å². The Bertz CT molecular complexity index is 1160. The predicted molar refractivity (Wildman–Crippen MR) is 118 cm³/mol. The lowest BCUT2D eigenvalue weighted by Gasteiger charge is -2.12. The summed E-state index contributed by atoms with van der Waals surface area (Å²) in [5, 5.41) is 2.85. The van der Waals surface area contributed by atoms with Crippen molar-refractivity contribution in [3.05, 3.63) is 84.6 Å². The molecule has 1 amide bonds. The molecule has 158 valence electrons. The predicted octanol–water partition coefficient (Wildman–Crippen LogP) is 4.79. The van der Waals surface area contributed by atoms with Crippen molar-refractivity contribution in [3.63, 3.8) is 0 Å². The van der Waals surface area contributed by atoms with Gasteiger partial charge in [0.2, 0.25) is 5.91 Å². The Morgan fingerprint density at radius 1 is 1.13 bits per heavy atom. The van der Waals surface area contributed by atoms with Crippen LogP contribution in [0.2, 0.25) is 0 Å². The molecule has 4 rings (SSSR count). The van der Waals surface area contributed by atoms with Gasteiger partial charge in [-0.3, -0.25) is 4.79 Å². The zero-order valence-corrected chi connectivity index (χ0v) is 17.6. The maximum Gasteiger partial charge on any atom is 0.234 e. The molecule has 0 saturated heterocycles. The van der Waals surface area contributed by atoms with Crippen molar-refractivity contribution in [1.29, 1.82) is 0 Å². The molecule has 4 aromatic rings. The van der Waals surface area contributed by atoms with Crippen molar-refractivity contribution >= 4 is 29.0 Å². The minimum atomic E-state index is -0.303. The van der Waals surface area contributed by atoms with Gasteiger partial charge in [0, 0.05) is 29.0 Å². The fraction of sp³-hybridized carbons (Fsp3) is 0.130. The van der Waals surface area contributed by atoms with E-state index in [0.717, 1.165) is 16.2 Å². The molecule has 2 aromatic heterocycles. The number of amides is 1. The normalized spacial score (nSPS) is 10.8. The zero-order valence-electron chi connectivity index (χ0n) is 16.7. The molecule has 0 bridgehead atoms. The van der Waals surface area contributed by atoms with E-state index in [1.807, 2.05) is 35.0 Å². The summed E-state index contributed by atoms with van der Waals surface area (Å²) in [6, 6.07) is 17.0. The number of halogens is 1. The number of nitrogens with one attached hydrogen (secondary N) is 1. The lowest BCUT2D eigenvalue weighted by Crippen LogP contribution is -2.14. The van der Waals surface area contributed by atoms with Crippen LogP contribution in [-0.2, 0) is 11.4 Å². The van der Waals surface area contributed by atoms with Gasteiger partial charge in [-0.1, -0.05) is 6.07 Å². The highest BCUT2D eigenvalue weighted by atomic mass is 32.2. The minimum Gasteiger partial charge on any atom is -0.493 e. The Balaban J connectivity index is 1.39. The van der Waals surface area contributed by atoms with E-state index >= 15 is 0 Å². The van der Waals surface area contributed by atoms with Gasteiger partial charge in [0.15, 0.2) is 11.5 Å². The Labute approximate surface area is 183 Å². The van der Waals surface area contributed by atoms with E-state index in [1.165, 1.54) is 23.9 Å². The number of pyridine rings is 1. The van der Waals surface area contributed by atoms with Crippen molar-refractivity contribution in [2.75, 3.05) is 18.2 Å². The Kier molecular flexibility index (Phi) is 6.37. The quantitative estimate of drug-likeness (QED) is 0.402. The molecule has 2 aromatic carbocycles. The number of imidazole rings is 1. The topological polar surface area (TPSA) is 64.9 Å². The monoisotopic (exact) mass is 437 g/mol. The summed E-state index contributed by atoms with van der Waals surface area (Å²) in [5.41, 5.74) is 2.21. The Morgan fingerprint density at radius 3 is 2.74 bits per heavy atom. The van der Waals surface area contributed by atoms with Crippen LogP contribution < -0.4 is 14.8 Å². The summed E-state index contributed by atoms with van der Waals surface area (Å²) in [5.74, 6) is 0.787. The highest BCUT2D eigenvalue weighted by molar-refractivity contribution is 8.00. The van der Waals surface area contributed by atoms with Crippen LogP contribution in [0.5, 0.6) is 11.5 Å². The number of ether oxygens (including phenoxy) is 2. The summed E-state index contributed by atoms with van der Waals surface area (Å²) in [4.78, 5) is 17.6. The number of aromatic nitrogens is 2.